The largest absolute Gasteiger partial charge is 0.317 e. The topological polar surface area (TPSA) is 37.8 Å². The van der Waals surface area contributed by atoms with Crippen molar-refractivity contribution >= 4 is 22.9 Å². The fraction of sp³-hybridized carbons (Fsp3) is 0.385. The minimum atomic E-state index is 0.745. The van der Waals surface area contributed by atoms with Gasteiger partial charge in [0.05, 0.1) is 0 Å². The number of halogens is 1. The second kappa shape index (κ2) is 6.27. The first-order valence-corrected chi connectivity index (χ1v) is 7.19. The Morgan fingerprint density at radius 1 is 1.28 bits per heavy atom. The fourth-order valence-electron chi connectivity index (χ4n) is 1.70. The molecule has 0 aliphatic heterocycles. The number of aromatic nitrogens is 2. The molecule has 0 saturated carbocycles. The Morgan fingerprint density at radius 2 is 2.11 bits per heavy atom. The molecule has 18 heavy (non-hydrogen) atoms. The summed E-state index contributed by atoms with van der Waals surface area (Å²) in [5.41, 5.74) is 2.19. The molecule has 1 N–H and O–H groups in total. The molecule has 0 aliphatic rings. The van der Waals surface area contributed by atoms with Crippen LogP contribution in [0.25, 0.3) is 10.6 Å². The minimum Gasteiger partial charge on any atom is -0.317 e. The SMILES string of the molecule is CCNCCc1nnc(-c2cc(C)cc(Cl)c2)s1. The standard InChI is InChI=1S/C13H16ClN3S/c1-3-15-5-4-12-16-17-13(18-12)10-6-9(2)7-11(14)8-10/h6-8,15H,3-5H2,1-2H3. The normalized spacial score (nSPS) is 10.8. The number of likely N-dealkylation sites (N-methyl/N-ethyl adjacent to an activating group) is 1. The number of nitrogens with zero attached hydrogens (tertiary/aromatic N) is 2. The van der Waals surface area contributed by atoms with Crippen LogP contribution in [0.15, 0.2) is 18.2 Å². The zero-order chi connectivity index (χ0) is 13.0. The van der Waals surface area contributed by atoms with E-state index in [0.29, 0.717) is 0 Å². The molecule has 0 aliphatic carbocycles. The van der Waals surface area contributed by atoms with Gasteiger partial charge in [-0.05, 0) is 37.2 Å². The van der Waals surface area contributed by atoms with Crippen molar-refractivity contribution in [2.24, 2.45) is 0 Å². The molecule has 0 spiro atoms. The van der Waals surface area contributed by atoms with E-state index in [-0.39, 0.29) is 0 Å². The molecule has 2 aromatic rings. The Bertz CT molecular complexity index is 504. The second-order valence-corrected chi connectivity index (χ2v) is 5.62. The number of benzene rings is 1. The van der Waals surface area contributed by atoms with E-state index in [1.54, 1.807) is 11.3 Å². The predicted octanol–water partition coefficient (Wildman–Crippen LogP) is 3.32. The lowest BCUT2D eigenvalue weighted by atomic mass is 10.1. The van der Waals surface area contributed by atoms with Crippen LogP contribution in [0.3, 0.4) is 0 Å². The quantitative estimate of drug-likeness (QED) is 0.855. The summed E-state index contributed by atoms with van der Waals surface area (Å²) < 4.78 is 0. The first kappa shape index (κ1) is 13.5. The van der Waals surface area contributed by atoms with Crippen molar-refractivity contribution in [2.45, 2.75) is 20.3 Å². The van der Waals surface area contributed by atoms with E-state index in [0.717, 1.165) is 45.7 Å². The van der Waals surface area contributed by atoms with Crippen LogP contribution < -0.4 is 5.32 Å². The summed E-state index contributed by atoms with van der Waals surface area (Å²) in [6.45, 7) is 6.06. The Kier molecular flexibility index (Phi) is 4.69. The van der Waals surface area contributed by atoms with Crippen molar-refractivity contribution in [3.63, 3.8) is 0 Å². The van der Waals surface area contributed by atoms with Gasteiger partial charge in [0.1, 0.15) is 10.0 Å². The van der Waals surface area contributed by atoms with Crippen molar-refractivity contribution in [1.82, 2.24) is 15.5 Å². The highest BCUT2D eigenvalue weighted by molar-refractivity contribution is 7.14. The highest BCUT2D eigenvalue weighted by Gasteiger charge is 2.07. The predicted molar refractivity (Wildman–Crippen MR) is 77.3 cm³/mol. The molecule has 2 rings (SSSR count). The van der Waals surface area contributed by atoms with E-state index in [4.69, 9.17) is 11.6 Å². The summed E-state index contributed by atoms with van der Waals surface area (Å²) in [5.74, 6) is 0. The van der Waals surface area contributed by atoms with Gasteiger partial charge >= 0.3 is 0 Å². The lowest BCUT2D eigenvalue weighted by molar-refractivity contribution is 0.710. The molecular weight excluding hydrogens is 266 g/mol. The van der Waals surface area contributed by atoms with Gasteiger partial charge in [-0.2, -0.15) is 0 Å². The van der Waals surface area contributed by atoms with Crippen LogP contribution in [0.5, 0.6) is 0 Å². The van der Waals surface area contributed by atoms with E-state index in [9.17, 15) is 0 Å². The van der Waals surface area contributed by atoms with Crippen molar-refractivity contribution in [3.05, 3.63) is 33.8 Å². The third-order valence-electron chi connectivity index (χ3n) is 2.52. The number of hydrogen-bond acceptors (Lipinski definition) is 4. The average molecular weight is 282 g/mol. The molecule has 0 unspecified atom stereocenters. The molecule has 0 amide bonds. The number of nitrogens with one attached hydrogen (secondary N) is 1. The van der Waals surface area contributed by atoms with E-state index in [1.165, 1.54) is 0 Å². The van der Waals surface area contributed by atoms with Crippen LogP contribution in [0.2, 0.25) is 5.02 Å². The average Bonchev–Trinajstić information content (AvgIpc) is 2.77. The van der Waals surface area contributed by atoms with Crippen LogP contribution in [0.4, 0.5) is 0 Å². The Balaban J connectivity index is 2.13. The minimum absolute atomic E-state index is 0.745. The summed E-state index contributed by atoms with van der Waals surface area (Å²) in [5, 5.41) is 14.5. The second-order valence-electron chi connectivity index (χ2n) is 4.12. The van der Waals surface area contributed by atoms with Crippen LogP contribution in [0.1, 0.15) is 17.5 Å². The van der Waals surface area contributed by atoms with Gasteiger partial charge in [-0.3, -0.25) is 0 Å². The molecule has 1 aromatic carbocycles. The van der Waals surface area contributed by atoms with Gasteiger partial charge < -0.3 is 5.32 Å². The molecule has 0 fully saturated rings. The smallest absolute Gasteiger partial charge is 0.147 e. The van der Waals surface area contributed by atoms with E-state index in [1.807, 2.05) is 19.1 Å². The molecule has 0 radical (unpaired) electrons. The maximum atomic E-state index is 6.06. The van der Waals surface area contributed by atoms with E-state index >= 15 is 0 Å². The fourth-order valence-corrected chi connectivity index (χ4v) is 2.82. The van der Waals surface area contributed by atoms with Gasteiger partial charge in [0.2, 0.25) is 0 Å². The molecule has 5 heteroatoms. The first-order valence-electron chi connectivity index (χ1n) is 5.99. The van der Waals surface area contributed by atoms with Gasteiger partial charge in [-0.25, -0.2) is 0 Å². The van der Waals surface area contributed by atoms with E-state index in [2.05, 4.69) is 28.5 Å². The summed E-state index contributed by atoms with van der Waals surface area (Å²) in [7, 11) is 0. The lowest BCUT2D eigenvalue weighted by Crippen LogP contribution is -2.15. The van der Waals surface area contributed by atoms with Crippen molar-refractivity contribution < 1.29 is 0 Å². The summed E-state index contributed by atoms with van der Waals surface area (Å²) >= 11 is 7.69. The Morgan fingerprint density at radius 3 is 2.83 bits per heavy atom. The summed E-state index contributed by atoms with van der Waals surface area (Å²) in [6.07, 6.45) is 0.922. The Hall–Kier alpha value is -0.970. The molecule has 0 saturated heterocycles. The molecule has 0 atom stereocenters. The van der Waals surface area contributed by atoms with Gasteiger partial charge in [0.15, 0.2) is 0 Å². The maximum absolute atomic E-state index is 6.06. The number of hydrogen-bond donors (Lipinski definition) is 1. The monoisotopic (exact) mass is 281 g/mol. The third-order valence-corrected chi connectivity index (χ3v) is 3.77. The van der Waals surface area contributed by atoms with Crippen LogP contribution in [0, 0.1) is 6.92 Å². The zero-order valence-corrected chi connectivity index (χ0v) is 12.1. The highest BCUT2D eigenvalue weighted by atomic mass is 35.5. The molecule has 1 heterocycles. The third kappa shape index (κ3) is 3.51. The van der Waals surface area contributed by atoms with E-state index < -0.39 is 0 Å². The van der Waals surface area contributed by atoms with Gasteiger partial charge in [0.25, 0.3) is 0 Å². The molecule has 96 valence electrons. The molecule has 0 bridgehead atoms. The summed E-state index contributed by atoms with van der Waals surface area (Å²) in [4.78, 5) is 0. The maximum Gasteiger partial charge on any atom is 0.147 e. The number of aryl methyl sites for hydroxylation is 1. The van der Waals surface area contributed by atoms with Crippen molar-refractivity contribution in [2.75, 3.05) is 13.1 Å². The van der Waals surface area contributed by atoms with Crippen molar-refractivity contribution in [1.29, 1.82) is 0 Å². The van der Waals surface area contributed by atoms with Gasteiger partial charge in [0, 0.05) is 23.6 Å². The first-order chi connectivity index (χ1) is 8.69. The van der Waals surface area contributed by atoms with Gasteiger partial charge in [-0.1, -0.05) is 29.9 Å². The Labute approximate surface area is 116 Å². The lowest BCUT2D eigenvalue weighted by Gasteiger charge is -1.99. The molecule has 3 nitrogen and oxygen atoms in total. The van der Waals surface area contributed by atoms with Crippen LogP contribution in [-0.4, -0.2) is 23.3 Å². The van der Waals surface area contributed by atoms with Gasteiger partial charge in [-0.15, -0.1) is 10.2 Å². The van der Waals surface area contributed by atoms with Crippen molar-refractivity contribution in [3.8, 4) is 10.6 Å². The zero-order valence-electron chi connectivity index (χ0n) is 10.5. The number of rotatable bonds is 5. The molecule has 1 aromatic heterocycles. The highest BCUT2D eigenvalue weighted by Crippen LogP contribution is 2.27. The van der Waals surface area contributed by atoms with Crippen LogP contribution >= 0.6 is 22.9 Å². The van der Waals surface area contributed by atoms with Crippen LogP contribution in [-0.2, 0) is 6.42 Å². The molecular formula is C13H16ClN3S. The summed E-state index contributed by atoms with van der Waals surface area (Å²) in [6, 6.07) is 5.96.